The van der Waals surface area contributed by atoms with E-state index >= 15 is 0 Å². The molecule has 0 spiro atoms. The molecule has 1 N–H and O–H groups in total. The quantitative estimate of drug-likeness (QED) is 0.513. The lowest BCUT2D eigenvalue weighted by atomic mass is 10.2. The van der Waals surface area contributed by atoms with Gasteiger partial charge in [0, 0.05) is 11.9 Å². The molecule has 0 aliphatic carbocycles. The van der Waals surface area contributed by atoms with E-state index in [0.29, 0.717) is 17.0 Å². The summed E-state index contributed by atoms with van der Waals surface area (Å²) in [5.74, 6) is -0.132. The lowest BCUT2D eigenvalue weighted by molar-refractivity contribution is 0.0471. The molecule has 0 amide bonds. The summed E-state index contributed by atoms with van der Waals surface area (Å²) in [6.07, 6.45) is 1.64. The number of nitrogens with zero attached hydrogens (tertiary/aromatic N) is 2. The summed E-state index contributed by atoms with van der Waals surface area (Å²) >= 11 is 0. The van der Waals surface area contributed by atoms with Crippen LogP contribution in [0.2, 0.25) is 0 Å². The van der Waals surface area contributed by atoms with Crippen molar-refractivity contribution < 1.29 is 9.53 Å². The Bertz CT molecular complexity index is 1170. The highest BCUT2D eigenvalue weighted by Gasteiger charge is 2.16. The number of hydrogen-bond donors (Lipinski definition) is 1. The minimum atomic E-state index is -0.496. The molecule has 0 radical (unpaired) electrons. The Morgan fingerprint density at radius 1 is 0.931 bits per heavy atom. The summed E-state index contributed by atoms with van der Waals surface area (Å²) in [6.45, 7) is -0.188. The number of nitrogens with one attached hydrogen (secondary N) is 1. The average molecular weight is 387 g/mol. The standard InChI is InChI=1S/C22H17N3O3.CH4/c26-21-18(15-28-22(27)16-9-3-1-4-10-16)20(23-17-11-5-2-6-12-17)24-19-13-7-8-14-25(19)21;/h1-14,23H,15H2;1H4. The van der Waals surface area contributed by atoms with Crippen LogP contribution in [0.25, 0.3) is 5.65 Å². The van der Waals surface area contributed by atoms with Crippen LogP contribution in [-0.2, 0) is 11.3 Å². The van der Waals surface area contributed by atoms with Crippen molar-refractivity contribution in [2.45, 2.75) is 14.0 Å². The van der Waals surface area contributed by atoms with Gasteiger partial charge in [-0.15, -0.1) is 0 Å². The van der Waals surface area contributed by atoms with Gasteiger partial charge < -0.3 is 10.1 Å². The highest BCUT2D eigenvalue weighted by molar-refractivity contribution is 5.89. The number of ether oxygens (including phenoxy) is 1. The van der Waals surface area contributed by atoms with E-state index in [0.717, 1.165) is 5.69 Å². The van der Waals surface area contributed by atoms with E-state index in [-0.39, 0.29) is 25.2 Å². The van der Waals surface area contributed by atoms with E-state index < -0.39 is 5.97 Å². The number of rotatable bonds is 5. The molecule has 4 aromatic rings. The largest absolute Gasteiger partial charge is 0.457 e. The van der Waals surface area contributed by atoms with Crippen molar-refractivity contribution in [2.75, 3.05) is 5.32 Å². The van der Waals surface area contributed by atoms with Crippen LogP contribution >= 0.6 is 0 Å². The molecule has 4 rings (SSSR count). The average Bonchev–Trinajstić information content (AvgIpc) is 2.75. The Hall–Kier alpha value is -3.93. The fourth-order valence-corrected chi connectivity index (χ4v) is 2.81. The van der Waals surface area contributed by atoms with Crippen molar-refractivity contribution in [3.63, 3.8) is 0 Å². The smallest absolute Gasteiger partial charge is 0.338 e. The van der Waals surface area contributed by atoms with Crippen LogP contribution < -0.4 is 10.9 Å². The van der Waals surface area contributed by atoms with Crippen LogP contribution in [-0.4, -0.2) is 15.4 Å². The predicted octanol–water partition coefficient (Wildman–Crippen LogP) is 4.43. The molecule has 0 saturated heterocycles. The van der Waals surface area contributed by atoms with Gasteiger partial charge in [0.25, 0.3) is 5.56 Å². The van der Waals surface area contributed by atoms with Crippen molar-refractivity contribution in [3.05, 3.63) is 107 Å². The summed E-state index contributed by atoms with van der Waals surface area (Å²) in [5, 5.41) is 3.15. The molecular weight excluding hydrogens is 366 g/mol. The molecule has 0 atom stereocenters. The number of carbonyl (C=O) groups is 1. The van der Waals surface area contributed by atoms with Crippen molar-refractivity contribution in [1.82, 2.24) is 9.38 Å². The predicted molar refractivity (Wildman–Crippen MR) is 113 cm³/mol. The normalized spacial score (nSPS) is 10.2. The molecule has 0 aliphatic rings. The Labute approximate surface area is 168 Å². The summed E-state index contributed by atoms with van der Waals surface area (Å²) in [6, 6.07) is 23.4. The molecule has 6 heteroatoms. The molecule has 0 aliphatic heterocycles. The van der Waals surface area contributed by atoms with Gasteiger partial charge in [-0.25, -0.2) is 9.78 Å². The van der Waals surface area contributed by atoms with Gasteiger partial charge in [-0.1, -0.05) is 49.9 Å². The van der Waals surface area contributed by atoms with Gasteiger partial charge in [0.2, 0.25) is 0 Å². The number of benzene rings is 2. The zero-order valence-corrected chi connectivity index (χ0v) is 14.9. The van der Waals surface area contributed by atoms with E-state index in [9.17, 15) is 9.59 Å². The molecule has 29 heavy (non-hydrogen) atoms. The molecule has 0 fully saturated rings. The van der Waals surface area contributed by atoms with Gasteiger partial charge in [0.05, 0.1) is 11.1 Å². The Balaban J connectivity index is 0.00000240. The molecule has 0 saturated carbocycles. The lowest BCUT2D eigenvalue weighted by Crippen LogP contribution is -2.23. The number of para-hydroxylation sites is 1. The van der Waals surface area contributed by atoms with Gasteiger partial charge in [-0.2, -0.15) is 0 Å². The summed E-state index contributed by atoms with van der Waals surface area (Å²) in [7, 11) is 0. The lowest BCUT2D eigenvalue weighted by Gasteiger charge is -2.13. The van der Waals surface area contributed by atoms with Crippen LogP contribution in [0.4, 0.5) is 11.5 Å². The maximum Gasteiger partial charge on any atom is 0.338 e. The molecular formula is C23H21N3O3. The van der Waals surface area contributed by atoms with Crippen LogP contribution in [0.15, 0.2) is 89.9 Å². The highest BCUT2D eigenvalue weighted by Crippen LogP contribution is 2.18. The first kappa shape index (κ1) is 19.8. The Kier molecular flexibility index (Phi) is 6.04. The van der Waals surface area contributed by atoms with Crippen LogP contribution in [0.5, 0.6) is 0 Å². The molecule has 6 nitrogen and oxygen atoms in total. The fraction of sp³-hybridized carbons (Fsp3) is 0.0870. The third-order valence-corrected chi connectivity index (χ3v) is 4.22. The second-order valence-electron chi connectivity index (χ2n) is 6.11. The van der Waals surface area contributed by atoms with Gasteiger partial charge in [-0.3, -0.25) is 9.20 Å². The third kappa shape index (κ3) is 4.32. The summed E-state index contributed by atoms with van der Waals surface area (Å²) < 4.78 is 6.82. The van der Waals surface area contributed by atoms with Gasteiger partial charge in [0.1, 0.15) is 18.1 Å². The Morgan fingerprint density at radius 3 is 2.31 bits per heavy atom. The van der Waals surface area contributed by atoms with Crippen LogP contribution in [0, 0.1) is 0 Å². The fourth-order valence-electron chi connectivity index (χ4n) is 2.81. The monoisotopic (exact) mass is 387 g/mol. The number of hydrogen-bond acceptors (Lipinski definition) is 5. The first-order valence-electron chi connectivity index (χ1n) is 8.77. The maximum atomic E-state index is 13.0. The minimum Gasteiger partial charge on any atom is -0.457 e. The molecule has 2 aromatic heterocycles. The number of aromatic nitrogens is 2. The topological polar surface area (TPSA) is 72.7 Å². The van der Waals surface area contributed by atoms with Crippen molar-refractivity contribution in [1.29, 1.82) is 0 Å². The zero-order chi connectivity index (χ0) is 19.3. The van der Waals surface area contributed by atoms with Gasteiger partial charge >= 0.3 is 5.97 Å². The van der Waals surface area contributed by atoms with Crippen molar-refractivity contribution in [2.24, 2.45) is 0 Å². The molecule has 0 unspecified atom stereocenters. The molecule has 2 aromatic carbocycles. The van der Waals surface area contributed by atoms with Gasteiger partial charge in [-0.05, 0) is 36.4 Å². The van der Waals surface area contributed by atoms with Gasteiger partial charge in [0.15, 0.2) is 0 Å². The van der Waals surface area contributed by atoms with Crippen LogP contribution in [0.3, 0.4) is 0 Å². The first-order valence-corrected chi connectivity index (χ1v) is 8.77. The van der Waals surface area contributed by atoms with E-state index in [1.165, 1.54) is 4.40 Å². The molecule has 146 valence electrons. The van der Waals surface area contributed by atoms with Crippen molar-refractivity contribution >= 4 is 23.1 Å². The number of esters is 1. The summed E-state index contributed by atoms with van der Waals surface area (Å²) in [5.41, 5.74) is 1.70. The SMILES string of the molecule is C.O=C(OCc1c(Nc2ccccc2)nc2ccccn2c1=O)c1ccccc1. The minimum absolute atomic E-state index is 0. The van der Waals surface area contributed by atoms with E-state index in [2.05, 4.69) is 10.3 Å². The van der Waals surface area contributed by atoms with E-state index in [1.54, 1.807) is 42.6 Å². The van der Waals surface area contributed by atoms with E-state index in [1.807, 2.05) is 42.5 Å². The number of pyridine rings is 1. The highest BCUT2D eigenvalue weighted by atomic mass is 16.5. The maximum absolute atomic E-state index is 13.0. The second kappa shape index (κ2) is 8.84. The summed E-state index contributed by atoms with van der Waals surface area (Å²) in [4.78, 5) is 29.8. The first-order chi connectivity index (χ1) is 13.7. The Morgan fingerprint density at radius 2 is 1.59 bits per heavy atom. The number of anilines is 2. The molecule has 0 bridgehead atoms. The van der Waals surface area contributed by atoms with Crippen LogP contribution in [0.1, 0.15) is 23.3 Å². The van der Waals surface area contributed by atoms with E-state index in [4.69, 9.17) is 4.74 Å². The zero-order valence-electron chi connectivity index (χ0n) is 14.9. The number of fused-ring (bicyclic) bond motifs is 1. The second-order valence-corrected chi connectivity index (χ2v) is 6.11. The third-order valence-electron chi connectivity index (χ3n) is 4.22. The number of carbonyl (C=O) groups excluding carboxylic acids is 1. The van der Waals surface area contributed by atoms with Crippen molar-refractivity contribution in [3.8, 4) is 0 Å². The molecule has 2 heterocycles.